The topological polar surface area (TPSA) is 57.9 Å². The Morgan fingerprint density at radius 3 is 2.79 bits per heavy atom. The van der Waals surface area contributed by atoms with Gasteiger partial charge in [-0.3, -0.25) is 0 Å². The molecule has 0 atom stereocenters. The standard InChI is InChI=1S/C15H15N3O/c1-3-19-14-6-5-13(8-12(14)9-16)18-15-7-4-11(2)10-17-15/h4-8,10H,3H2,1-2H3,(H,17,18). The van der Waals surface area contributed by atoms with Gasteiger partial charge in [0.2, 0.25) is 0 Å². The number of hydrogen-bond acceptors (Lipinski definition) is 4. The van der Waals surface area contributed by atoms with Crippen LogP contribution in [-0.4, -0.2) is 11.6 Å². The average molecular weight is 253 g/mol. The number of anilines is 2. The van der Waals surface area contributed by atoms with Gasteiger partial charge in [-0.25, -0.2) is 4.98 Å². The van der Waals surface area contributed by atoms with Crippen LogP contribution in [0, 0.1) is 18.3 Å². The summed E-state index contributed by atoms with van der Waals surface area (Å²) in [5.74, 6) is 1.35. The highest BCUT2D eigenvalue weighted by Crippen LogP contribution is 2.24. The lowest BCUT2D eigenvalue weighted by Crippen LogP contribution is -1.97. The molecule has 0 aliphatic carbocycles. The Balaban J connectivity index is 2.22. The second kappa shape index (κ2) is 5.87. The molecule has 0 radical (unpaired) electrons. The molecule has 1 N–H and O–H groups in total. The van der Waals surface area contributed by atoms with E-state index in [2.05, 4.69) is 16.4 Å². The largest absolute Gasteiger partial charge is 0.492 e. The van der Waals surface area contributed by atoms with Crippen molar-refractivity contribution in [2.24, 2.45) is 0 Å². The molecule has 96 valence electrons. The van der Waals surface area contributed by atoms with Crippen molar-refractivity contribution in [3.05, 3.63) is 47.7 Å². The lowest BCUT2D eigenvalue weighted by atomic mass is 10.2. The molecule has 2 rings (SSSR count). The molecule has 1 heterocycles. The molecule has 4 nitrogen and oxygen atoms in total. The number of aryl methyl sites for hydroxylation is 1. The number of benzene rings is 1. The molecule has 0 amide bonds. The van der Waals surface area contributed by atoms with Crippen LogP contribution in [0.25, 0.3) is 0 Å². The summed E-state index contributed by atoms with van der Waals surface area (Å²) < 4.78 is 5.38. The predicted molar refractivity (Wildman–Crippen MR) is 74.6 cm³/mol. The average Bonchev–Trinajstić information content (AvgIpc) is 2.43. The van der Waals surface area contributed by atoms with Crippen molar-refractivity contribution < 1.29 is 4.74 Å². The number of ether oxygens (including phenoxy) is 1. The maximum atomic E-state index is 9.10. The van der Waals surface area contributed by atoms with E-state index in [-0.39, 0.29) is 0 Å². The van der Waals surface area contributed by atoms with E-state index in [0.29, 0.717) is 17.9 Å². The zero-order chi connectivity index (χ0) is 13.7. The second-order valence-electron chi connectivity index (χ2n) is 4.10. The van der Waals surface area contributed by atoms with Gasteiger partial charge >= 0.3 is 0 Å². The van der Waals surface area contributed by atoms with Crippen molar-refractivity contribution in [2.45, 2.75) is 13.8 Å². The molecule has 0 bridgehead atoms. The molecule has 0 spiro atoms. The summed E-state index contributed by atoms with van der Waals surface area (Å²) in [5.41, 5.74) is 2.44. The van der Waals surface area contributed by atoms with Crippen molar-refractivity contribution >= 4 is 11.5 Å². The van der Waals surface area contributed by atoms with Crippen LogP contribution in [0.2, 0.25) is 0 Å². The minimum atomic E-state index is 0.513. The van der Waals surface area contributed by atoms with E-state index in [0.717, 1.165) is 17.1 Å². The number of pyridine rings is 1. The van der Waals surface area contributed by atoms with Gasteiger partial charge in [0.25, 0.3) is 0 Å². The summed E-state index contributed by atoms with van der Waals surface area (Å²) >= 11 is 0. The second-order valence-corrected chi connectivity index (χ2v) is 4.10. The lowest BCUT2D eigenvalue weighted by Gasteiger charge is -2.09. The molecule has 1 aromatic carbocycles. The van der Waals surface area contributed by atoms with Gasteiger partial charge in [-0.2, -0.15) is 5.26 Å². The summed E-state index contributed by atoms with van der Waals surface area (Å²) in [6.45, 7) is 4.42. The molecular formula is C15H15N3O. The Labute approximate surface area is 112 Å². The smallest absolute Gasteiger partial charge is 0.137 e. The van der Waals surface area contributed by atoms with Crippen molar-refractivity contribution in [3.63, 3.8) is 0 Å². The van der Waals surface area contributed by atoms with Crippen LogP contribution in [0.15, 0.2) is 36.5 Å². The van der Waals surface area contributed by atoms with Crippen LogP contribution in [0.3, 0.4) is 0 Å². The zero-order valence-corrected chi connectivity index (χ0v) is 11.0. The van der Waals surface area contributed by atoms with Gasteiger partial charge in [0, 0.05) is 11.9 Å². The molecule has 0 saturated carbocycles. The quantitative estimate of drug-likeness (QED) is 0.907. The zero-order valence-electron chi connectivity index (χ0n) is 11.0. The maximum Gasteiger partial charge on any atom is 0.137 e. The van der Waals surface area contributed by atoms with Gasteiger partial charge in [0.1, 0.15) is 17.6 Å². The third-order valence-electron chi connectivity index (χ3n) is 2.58. The highest BCUT2D eigenvalue weighted by Gasteiger charge is 2.04. The SMILES string of the molecule is CCOc1ccc(Nc2ccc(C)cn2)cc1C#N. The van der Waals surface area contributed by atoms with E-state index < -0.39 is 0 Å². The third kappa shape index (κ3) is 3.23. The summed E-state index contributed by atoms with van der Waals surface area (Å²) in [6.07, 6.45) is 1.79. The summed E-state index contributed by atoms with van der Waals surface area (Å²) in [5, 5.41) is 12.3. The van der Waals surface area contributed by atoms with E-state index in [1.165, 1.54) is 0 Å². The number of hydrogen-bond donors (Lipinski definition) is 1. The van der Waals surface area contributed by atoms with Crippen LogP contribution < -0.4 is 10.1 Å². The molecule has 0 unspecified atom stereocenters. The van der Waals surface area contributed by atoms with Gasteiger partial charge in [-0.05, 0) is 43.7 Å². The molecular weight excluding hydrogens is 238 g/mol. The first-order valence-corrected chi connectivity index (χ1v) is 6.09. The highest BCUT2D eigenvalue weighted by molar-refractivity contribution is 5.61. The molecule has 1 aromatic heterocycles. The fourth-order valence-electron chi connectivity index (χ4n) is 1.67. The Hall–Kier alpha value is -2.54. The normalized spacial score (nSPS) is 9.74. The van der Waals surface area contributed by atoms with Gasteiger partial charge in [-0.15, -0.1) is 0 Å². The molecule has 0 aliphatic heterocycles. The van der Waals surface area contributed by atoms with Crippen molar-refractivity contribution in [3.8, 4) is 11.8 Å². The van der Waals surface area contributed by atoms with Gasteiger partial charge in [0.15, 0.2) is 0 Å². The van der Waals surface area contributed by atoms with Crippen LogP contribution >= 0.6 is 0 Å². The van der Waals surface area contributed by atoms with Crippen LogP contribution in [0.4, 0.5) is 11.5 Å². The number of aromatic nitrogens is 1. The first kappa shape index (κ1) is 12.9. The Morgan fingerprint density at radius 2 is 2.16 bits per heavy atom. The fourth-order valence-corrected chi connectivity index (χ4v) is 1.67. The van der Waals surface area contributed by atoms with E-state index in [9.17, 15) is 0 Å². The monoisotopic (exact) mass is 253 g/mol. The van der Waals surface area contributed by atoms with E-state index in [1.54, 1.807) is 18.3 Å². The molecule has 2 aromatic rings. The van der Waals surface area contributed by atoms with E-state index >= 15 is 0 Å². The minimum absolute atomic E-state index is 0.513. The van der Waals surface area contributed by atoms with Gasteiger partial charge in [0.05, 0.1) is 12.2 Å². The number of nitrogens with zero attached hydrogens (tertiary/aromatic N) is 2. The molecule has 0 aliphatic rings. The van der Waals surface area contributed by atoms with Crippen molar-refractivity contribution in [2.75, 3.05) is 11.9 Å². The lowest BCUT2D eigenvalue weighted by molar-refractivity contribution is 0.339. The maximum absolute atomic E-state index is 9.10. The van der Waals surface area contributed by atoms with Gasteiger partial charge in [-0.1, -0.05) is 6.07 Å². The molecule has 0 fully saturated rings. The molecule has 19 heavy (non-hydrogen) atoms. The third-order valence-corrected chi connectivity index (χ3v) is 2.58. The van der Waals surface area contributed by atoms with Gasteiger partial charge < -0.3 is 10.1 Å². The van der Waals surface area contributed by atoms with Crippen molar-refractivity contribution in [1.82, 2.24) is 4.98 Å². The van der Waals surface area contributed by atoms with Crippen LogP contribution in [0.1, 0.15) is 18.1 Å². The van der Waals surface area contributed by atoms with Crippen LogP contribution in [-0.2, 0) is 0 Å². The Kier molecular flexibility index (Phi) is 3.99. The first-order valence-electron chi connectivity index (χ1n) is 6.09. The Morgan fingerprint density at radius 1 is 1.32 bits per heavy atom. The minimum Gasteiger partial charge on any atom is -0.492 e. The number of nitriles is 1. The predicted octanol–water partition coefficient (Wildman–Crippen LogP) is 3.40. The van der Waals surface area contributed by atoms with E-state index in [4.69, 9.17) is 10.00 Å². The van der Waals surface area contributed by atoms with E-state index in [1.807, 2.05) is 32.0 Å². The molecule has 4 heteroatoms. The van der Waals surface area contributed by atoms with Crippen LogP contribution in [0.5, 0.6) is 5.75 Å². The summed E-state index contributed by atoms with van der Waals surface area (Å²) in [6, 6.07) is 11.4. The number of nitrogens with one attached hydrogen (secondary N) is 1. The van der Waals surface area contributed by atoms with Crippen molar-refractivity contribution in [1.29, 1.82) is 5.26 Å². The summed E-state index contributed by atoms with van der Waals surface area (Å²) in [7, 11) is 0. The Bertz CT molecular complexity index is 600. The highest BCUT2D eigenvalue weighted by atomic mass is 16.5. The molecule has 0 saturated heterocycles. The first-order chi connectivity index (χ1) is 9.22. The summed E-state index contributed by atoms with van der Waals surface area (Å²) in [4.78, 5) is 4.26. The fraction of sp³-hybridized carbons (Fsp3) is 0.200. The number of rotatable bonds is 4.